The van der Waals surface area contributed by atoms with Crippen molar-refractivity contribution in [3.05, 3.63) is 30.3 Å². The first-order valence-corrected chi connectivity index (χ1v) is 7.32. The van der Waals surface area contributed by atoms with E-state index in [0.717, 1.165) is 5.30 Å². The van der Waals surface area contributed by atoms with Crippen LogP contribution in [0, 0.1) is 0 Å². The van der Waals surface area contributed by atoms with Crippen LogP contribution in [0.2, 0.25) is 0 Å². The summed E-state index contributed by atoms with van der Waals surface area (Å²) in [6, 6.07) is 9.27. The summed E-state index contributed by atoms with van der Waals surface area (Å²) in [4.78, 5) is 0. The van der Waals surface area contributed by atoms with Crippen molar-refractivity contribution in [1.82, 2.24) is 0 Å². The van der Waals surface area contributed by atoms with Crippen LogP contribution in [0.25, 0.3) is 0 Å². The molecule has 1 unspecified atom stereocenters. The van der Waals surface area contributed by atoms with Crippen LogP contribution in [0.15, 0.2) is 30.3 Å². The zero-order valence-corrected chi connectivity index (χ0v) is 10.7. The van der Waals surface area contributed by atoms with E-state index >= 15 is 0 Å². The van der Waals surface area contributed by atoms with Crippen LogP contribution in [0.3, 0.4) is 0 Å². The molecule has 1 rings (SSSR count). The van der Waals surface area contributed by atoms with Gasteiger partial charge in [-0.25, -0.2) is 0 Å². The summed E-state index contributed by atoms with van der Waals surface area (Å²) in [6.07, 6.45) is 0.329. The van der Waals surface area contributed by atoms with Crippen LogP contribution >= 0.6 is 19.0 Å². The van der Waals surface area contributed by atoms with E-state index < -0.39 is 7.37 Å². The molecule has 1 aromatic rings. The summed E-state index contributed by atoms with van der Waals surface area (Å²) in [6.45, 7) is 3.76. The van der Waals surface area contributed by atoms with E-state index in [1.165, 1.54) is 0 Å². The van der Waals surface area contributed by atoms with E-state index in [1.807, 2.05) is 44.2 Å². The molecule has 0 saturated carbocycles. The Morgan fingerprint density at radius 1 is 1.33 bits per heavy atom. The van der Waals surface area contributed by atoms with Crippen LogP contribution in [-0.2, 0) is 9.09 Å². The first-order chi connectivity index (χ1) is 7.08. The molecule has 0 aliphatic carbocycles. The third-order valence-corrected chi connectivity index (χ3v) is 5.02. The van der Waals surface area contributed by atoms with Gasteiger partial charge < -0.3 is 4.52 Å². The Morgan fingerprint density at radius 2 is 1.93 bits per heavy atom. The van der Waals surface area contributed by atoms with Gasteiger partial charge in [-0.3, -0.25) is 4.57 Å². The smallest absolute Gasteiger partial charge is 0.233 e. The normalized spacial score (nSPS) is 15.2. The molecule has 0 aromatic heterocycles. The quantitative estimate of drug-likeness (QED) is 0.589. The van der Waals surface area contributed by atoms with E-state index in [9.17, 15) is 4.57 Å². The zero-order chi connectivity index (χ0) is 11.3. The highest BCUT2D eigenvalue weighted by atomic mass is 35.5. The summed E-state index contributed by atoms with van der Waals surface area (Å²) in [5.74, 6) is 0.346. The highest BCUT2D eigenvalue weighted by molar-refractivity contribution is 7.67. The van der Waals surface area contributed by atoms with Gasteiger partial charge in [-0.2, -0.15) is 0 Å². The maximum absolute atomic E-state index is 12.5. The lowest BCUT2D eigenvalue weighted by atomic mass is 10.4. The van der Waals surface area contributed by atoms with Gasteiger partial charge in [0.15, 0.2) is 0 Å². The van der Waals surface area contributed by atoms with Crippen LogP contribution in [0.5, 0.6) is 0 Å². The average molecular weight is 247 g/mol. The SMILES string of the molecule is CC(C)OP(=O)(CCCl)c1ccccc1. The van der Waals surface area contributed by atoms with Gasteiger partial charge in [0.2, 0.25) is 7.37 Å². The monoisotopic (exact) mass is 246 g/mol. The second-order valence-corrected chi connectivity index (χ2v) is 6.47. The van der Waals surface area contributed by atoms with Gasteiger partial charge in [-0.15, -0.1) is 11.6 Å². The van der Waals surface area contributed by atoms with E-state index in [1.54, 1.807) is 0 Å². The lowest BCUT2D eigenvalue weighted by Gasteiger charge is -2.20. The standard InChI is InChI=1S/C11H16ClO2P/c1-10(2)14-15(13,9-8-12)11-6-4-3-5-7-11/h3-7,10H,8-9H2,1-2H3. The molecule has 0 heterocycles. The van der Waals surface area contributed by atoms with Gasteiger partial charge in [0, 0.05) is 17.3 Å². The summed E-state index contributed by atoms with van der Waals surface area (Å²) in [5.41, 5.74) is 0. The highest BCUT2D eigenvalue weighted by Gasteiger charge is 2.26. The Hall–Kier alpha value is -0.300. The average Bonchev–Trinajstić information content (AvgIpc) is 2.18. The molecule has 2 nitrogen and oxygen atoms in total. The Labute approximate surface area is 96.0 Å². The molecule has 0 spiro atoms. The maximum atomic E-state index is 12.5. The minimum atomic E-state index is -2.76. The van der Waals surface area contributed by atoms with Crippen molar-refractivity contribution in [2.45, 2.75) is 20.0 Å². The van der Waals surface area contributed by atoms with Gasteiger partial charge in [0.05, 0.1) is 6.10 Å². The van der Waals surface area contributed by atoms with Crippen LogP contribution < -0.4 is 5.30 Å². The van der Waals surface area contributed by atoms with Gasteiger partial charge in [0.1, 0.15) is 0 Å². The van der Waals surface area contributed by atoms with Crippen LogP contribution in [0.1, 0.15) is 13.8 Å². The maximum Gasteiger partial charge on any atom is 0.233 e. The third kappa shape index (κ3) is 3.64. The number of hydrogen-bond donors (Lipinski definition) is 0. The number of halogens is 1. The molecule has 0 fully saturated rings. The fourth-order valence-corrected chi connectivity index (χ4v) is 4.03. The zero-order valence-electron chi connectivity index (χ0n) is 9.02. The minimum Gasteiger partial charge on any atom is -0.322 e. The Balaban J connectivity index is 2.96. The lowest BCUT2D eigenvalue weighted by molar-refractivity contribution is 0.249. The first kappa shape index (κ1) is 12.8. The second kappa shape index (κ2) is 5.69. The van der Waals surface area contributed by atoms with Gasteiger partial charge in [0.25, 0.3) is 0 Å². The molecule has 0 N–H and O–H groups in total. The van der Waals surface area contributed by atoms with Gasteiger partial charge >= 0.3 is 0 Å². The molecule has 4 heteroatoms. The Kier molecular flexibility index (Phi) is 4.85. The molecule has 0 radical (unpaired) electrons. The van der Waals surface area contributed by atoms with Crippen molar-refractivity contribution in [2.24, 2.45) is 0 Å². The van der Waals surface area contributed by atoms with E-state index in [-0.39, 0.29) is 6.10 Å². The predicted octanol–water partition coefficient (Wildman–Crippen LogP) is 3.25. The second-order valence-electron chi connectivity index (χ2n) is 3.58. The minimum absolute atomic E-state index is 0.0562. The molecule has 0 aliphatic heterocycles. The van der Waals surface area contributed by atoms with Crippen molar-refractivity contribution in [2.75, 3.05) is 12.0 Å². The van der Waals surface area contributed by atoms with Crippen molar-refractivity contribution in [3.63, 3.8) is 0 Å². The predicted molar refractivity (Wildman–Crippen MR) is 65.5 cm³/mol. The first-order valence-electron chi connectivity index (χ1n) is 4.97. The molecule has 1 aromatic carbocycles. The van der Waals surface area contributed by atoms with E-state index in [4.69, 9.17) is 16.1 Å². The molecule has 84 valence electrons. The van der Waals surface area contributed by atoms with Crippen molar-refractivity contribution in [3.8, 4) is 0 Å². The van der Waals surface area contributed by atoms with Crippen LogP contribution in [0.4, 0.5) is 0 Å². The van der Waals surface area contributed by atoms with Crippen molar-refractivity contribution >= 4 is 24.3 Å². The number of alkyl halides is 1. The molecule has 0 amide bonds. The fraction of sp³-hybridized carbons (Fsp3) is 0.455. The Bertz CT molecular complexity index is 338. The summed E-state index contributed by atoms with van der Waals surface area (Å²) < 4.78 is 18.1. The van der Waals surface area contributed by atoms with Crippen LogP contribution in [-0.4, -0.2) is 18.1 Å². The molecular formula is C11H16ClO2P. The largest absolute Gasteiger partial charge is 0.322 e. The highest BCUT2D eigenvalue weighted by Crippen LogP contribution is 2.46. The molecule has 15 heavy (non-hydrogen) atoms. The number of benzene rings is 1. The lowest BCUT2D eigenvalue weighted by Crippen LogP contribution is -2.14. The molecule has 0 bridgehead atoms. The van der Waals surface area contributed by atoms with E-state index in [2.05, 4.69) is 0 Å². The molecule has 0 aliphatic rings. The molecular weight excluding hydrogens is 231 g/mol. The van der Waals surface area contributed by atoms with E-state index in [0.29, 0.717) is 12.0 Å². The van der Waals surface area contributed by atoms with Gasteiger partial charge in [-0.1, -0.05) is 18.2 Å². The Morgan fingerprint density at radius 3 is 2.40 bits per heavy atom. The summed E-state index contributed by atoms with van der Waals surface area (Å²) >= 11 is 5.67. The summed E-state index contributed by atoms with van der Waals surface area (Å²) in [5, 5.41) is 0.749. The number of hydrogen-bond acceptors (Lipinski definition) is 2. The molecule has 1 atom stereocenters. The fourth-order valence-electron chi connectivity index (χ4n) is 1.35. The number of rotatable bonds is 5. The van der Waals surface area contributed by atoms with Gasteiger partial charge in [-0.05, 0) is 26.0 Å². The van der Waals surface area contributed by atoms with Crippen molar-refractivity contribution < 1.29 is 9.09 Å². The van der Waals surface area contributed by atoms with Crippen molar-refractivity contribution in [1.29, 1.82) is 0 Å². The molecule has 0 saturated heterocycles. The topological polar surface area (TPSA) is 26.3 Å². The summed E-state index contributed by atoms with van der Waals surface area (Å²) in [7, 11) is -2.76. The third-order valence-electron chi connectivity index (χ3n) is 1.91.